The van der Waals surface area contributed by atoms with Gasteiger partial charge in [-0.05, 0) is 43.5 Å². The highest BCUT2D eigenvalue weighted by molar-refractivity contribution is 7.93. The van der Waals surface area contributed by atoms with Crippen molar-refractivity contribution >= 4 is 21.4 Å². The van der Waals surface area contributed by atoms with Crippen LogP contribution in [-0.2, 0) is 9.84 Å². The average Bonchev–Trinajstić information content (AvgIpc) is 2.90. The number of halogens is 1. The molecule has 1 aliphatic rings. The van der Waals surface area contributed by atoms with Crippen LogP contribution in [0.5, 0.6) is 0 Å². The van der Waals surface area contributed by atoms with Gasteiger partial charge in [0, 0.05) is 5.02 Å². The minimum atomic E-state index is -3.39. The zero-order chi connectivity index (χ0) is 11.3. The van der Waals surface area contributed by atoms with Gasteiger partial charge < -0.3 is 5.73 Å². The van der Waals surface area contributed by atoms with Gasteiger partial charge in [0.05, 0.1) is 4.90 Å². The second kappa shape index (κ2) is 3.20. The first kappa shape index (κ1) is 10.9. The predicted molar refractivity (Wildman–Crippen MR) is 59.5 cm³/mol. The van der Waals surface area contributed by atoms with Crippen molar-refractivity contribution in [3.05, 3.63) is 28.8 Å². The van der Waals surface area contributed by atoms with Crippen LogP contribution in [0.4, 0.5) is 0 Å². The summed E-state index contributed by atoms with van der Waals surface area (Å²) in [5.74, 6) is 0. The number of hydrogen-bond acceptors (Lipinski definition) is 3. The first-order chi connectivity index (χ1) is 6.87. The van der Waals surface area contributed by atoms with Crippen LogP contribution in [0.2, 0.25) is 5.02 Å². The molecule has 1 aliphatic carbocycles. The van der Waals surface area contributed by atoms with Crippen LogP contribution >= 0.6 is 11.6 Å². The lowest BCUT2D eigenvalue weighted by Crippen LogP contribution is -2.32. The predicted octanol–water partition coefficient (Wildman–Crippen LogP) is 1.87. The molecule has 3 nitrogen and oxygen atoms in total. The topological polar surface area (TPSA) is 60.2 Å². The summed E-state index contributed by atoms with van der Waals surface area (Å²) in [5.41, 5.74) is 6.48. The number of rotatable bonds is 2. The third-order valence-corrected chi connectivity index (χ3v) is 5.49. The molecule has 2 rings (SSSR count). The highest BCUT2D eigenvalue weighted by atomic mass is 35.5. The van der Waals surface area contributed by atoms with E-state index < -0.39 is 14.7 Å². The number of nitrogens with two attached hydrogens (primary N) is 1. The van der Waals surface area contributed by atoms with Crippen LogP contribution in [-0.4, -0.2) is 13.3 Å². The average molecular weight is 246 g/mol. The van der Waals surface area contributed by atoms with Crippen molar-refractivity contribution in [1.29, 1.82) is 0 Å². The second-order valence-corrected chi connectivity index (χ2v) is 6.68. The molecule has 1 saturated carbocycles. The normalized spacial score (nSPS) is 18.9. The van der Waals surface area contributed by atoms with E-state index in [9.17, 15) is 8.42 Å². The molecule has 1 fully saturated rings. The second-order valence-electron chi connectivity index (χ2n) is 3.98. The van der Waals surface area contributed by atoms with Gasteiger partial charge in [-0.25, -0.2) is 8.42 Å². The molecule has 2 N–H and O–H groups in total. The largest absolute Gasteiger partial charge is 0.312 e. The van der Waals surface area contributed by atoms with Gasteiger partial charge in [0.1, 0.15) is 4.87 Å². The van der Waals surface area contributed by atoms with E-state index >= 15 is 0 Å². The van der Waals surface area contributed by atoms with E-state index in [4.69, 9.17) is 17.3 Å². The zero-order valence-electron chi connectivity index (χ0n) is 8.33. The molecule has 0 heterocycles. The van der Waals surface area contributed by atoms with Gasteiger partial charge in [0.15, 0.2) is 9.84 Å². The first-order valence-corrected chi connectivity index (χ1v) is 6.53. The minimum absolute atomic E-state index is 0.268. The zero-order valence-corrected chi connectivity index (χ0v) is 9.90. The molecular weight excluding hydrogens is 234 g/mol. The molecule has 0 atom stereocenters. The molecule has 0 aliphatic heterocycles. The lowest BCUT2D eigenvalue weighted by molar-refractivity contribution is 0.579. The number of sulfone groups is 1. The summed E-state index contributed by atoms with van der Waals surface area (Å²) in [6.45, 7) is 1.78. The molecule has 0 amide bonds. The minimum Gasteiger partial charge on any atom is -0.312 e. The van der Waals surface area contributed by atoms with Gasteiger partial charge in [-0.1, -0.05) is 11.6 Å². The maximum Gasteiger partial charge on any atom is 0.196 e. The Morgan fingerprint density at radius 2 is 2.00 bits per heavy atom. The monoisotopic (exact) mass is 245 g/mol. The summed E-state index contributed by atoms with van der Waals surface area (Å²) in [7, 11) is -3.39. The summed E-state index contributed by atoms with van der Waals surface area (Å²) in [5, 5.41) is 0.566. The van der Waals surface area contributed by atoms with Crippen molar-refractivity contribution in [1.82, 2.24) is 0 Å². The van der Waals surface area contributed by atoms with Crippen LogP contribution in [0.3, 0.4) is 0 Å². The molecule has 0 radical (unpaired) electrons. The van der Waals surface area contributed by atoms with Gasteiger partial charge in [-0.15, -0.1) is 0 Å². The molecule has 15 heavy (non-hydrogen) atoms. The van der Waals surface area contributed by atoms with E-state index in [0.29, 0.717) is 17.9 Å². The lowest BCUT2D eigenvalue weighted by Gasteiger charge is -2.11. The van der Waals surface area contributed by atoms with Crippen molar-refractivity contribution in [2.45, 2.75) is 29.5 Å². The molecule has 82 valence electrons. The molecule has 1 aromatic rings. The van der Waals surface area contributed by atoms with Crippen LogP contribution in [0.1, 0.15) is 18.4 Å². The number of benzene rings is 1. The smallest absolute Gasteiger partial charge is 0.196 e. The highest BCUT2D eigenvalue weighted by Crippen LogP contribution is 2.42. The fourth-order valence-electron chi connectivity index (χ4n) is 1.41. The maximum absolute atomic E-state index is 12.0. The quantitative estimate of drug-likeness (QED) is 0.865. The Morgan fingerprint density at radius 1 is 1.40 bits per heavy atom. The fourth-order valence-corrected chi connectivity index (χ4v) is 3.22. The lowest BCUT2D eigenvalue weighted by atomic mass is 10.2. The Balaban J connectivity index is 2.51. The van der Waals surface area contributed by atoms with Gasteiger partial charge in [0.2, 0.25) is 0 Å². The van der Waals surface area contributed by atoms with Crippen molar-refractivity contribution in [3.63, 3.8) is 0 Å². The Bertz CT molecular complexity index is 506. The van der Waals surface area contributed by atoms with E-state index in [0.717, 1.165) is 5.56 Å². The molecule has 0 saturated heterocycles. The first-order valence-electron chi connectivity index (χ1n) is 4.66. The Kier molecular flexibility index (Phi) is 2.33. The van der Waals surface area contributed by atoms with E-state index in [-0.39, 0.29) is 4.90 Å². The molecule has 0 aromatic heterocycles. The molecule has 0 bridgehead atoms. The Labute approximate surface area is 94.2 Å². The van der Waals surface area contributed by atoms with E-state index in [1.807, 2.05) is 0 Å². The molecule has 5 heteroatoms. The number of hydrogen-bond donors (Lipinski definition) is 1. The maximum atomic E-state index is 12.0. The highest BCUT2D eigenvalue weighted by Gasteiger charge is 2.51. The van der Waals surface area contributed by atoms with Crippen molar-refractivity contribution in [2.24, 2.45) is 5.73 Å². The summed E-state index contributed by atoms with van der Waals surface area (Å²) in [6, 6.07) is 4.68. The fraction of sp³-hybridized carbons (Fsp3) is 0.400. The SMILES string of the molecule is Cc1cc(S(=O)(=O)C2(N)CC2)ccc1Cl. The summed E-state index contributed by atoms with van der Waals surface area (Å²) in [4.78, 5) is -0.766. The Morgan fingerprint density at radius 3 is 2.47 bits per heavy atom. The Hall–Kier alpha value is -0.580. The van der Waals surface area contributed by atoms with Crippen molar-refractivity contribution < 1.29 is 8.42 Å². The van der Waals surface area contributed by atoms with Crippen LogP contribution in [0.15, 0.2) is 23.1 Å². The van der Waals surface area contributed by atoms with E-state index in [1.165, 1.54) is 6.07 Å². The van der Waals surface area contributed by atoms with Crippen LogP contribution < -0.4 is 5.73 Å². The summed E-state index contributed by atoms with van der Waals surface area (Å²) in [6.07, 6.45) is 1.08. The van der Waals surface area contributed by atoms with Gasteiger partial charge in [-0.2, -0.15) is 0 Å². The van der Waals surface area contributed by atoms with Gasteiger partial charge in [-0.3, -0.25) is 0 Å². The van der Waals surface area contributed by atoms with Crippen LogP contribution in [0.25, 0.3) is 0 Å². The molecular formula is C10H12ClNO2S. The van der Waals surface area contributed by atoms with Crippen molar-refractivity contribution in [2.75, 3.05) is 0 Å². The van der Waals surface area contributed by atoms with Gasteiger partial charge >= 0.3 is 0 Å². The van der Waals surface area contributed by atoms with Crippen molar-refractivity contribution in [3.8, 4) is 0 Å². The van der Waals surface area contributed by atoms with Gasteiger partial charge in [0.25, 0.3) is 0 Å². The summed E-state index contributed by atoms with van der Waals surface area (Å²) < 4.78 is 24.0. The standard InChI is InChI=1S/C10H12ClNO2S/c1-7-6-8(2-3-9(7)11)15(13,14)10(12)4-5-10/h2-3,6H,4-5,12H2,1H3. The van der Waals surface area contributed by atoms with E-state index in [2.05, 4.69) is 0 Å². The molecule has 0 spiro atoms. The summed E-state index contributed by atoms with van der Waals surface area (Å²) >= 11 is 5.83. The number of aryl methyl sites for hydroxylation is 1. The molecule has 1 aromatic carbocycles. The third-order valence-electron chi connectivity index (χ3n) is 2.72. The van der Waals surface area contributed by atoms with Crippen LogP contribution in [0, 0.1) is 6.92 Å². The molecule has 0 unspecified atom stereocenters. The third kappa shape index (κ3) is 1.67. The van der Waals surface area contributed by atoms with E-state index in [1.54, 1.807) is 19.1 Å².